The highest BCUT2D eigenvalue weighted by Crippen LogP contribution is 2.34. The molecule has 0 aromatic heterocycles. The van der Waals surface area contributed by atoms with E-state index in [1.807, 2.05) is 37.4 Å². The van der Waals surface area contributed by atoms with Gasteiger partial charge in [0.25, 0.3) is 0 Å². The highest BCUT2D eigenvalue weighted by molar-refractivity contribution is 7.99. The molecule has 1 aromatic carbocycles. The minimum atomic E-state index is -0.547. The van der Waals surface area contributed by atoms with Crippen molar-refractivity contribution in [1.29, 1.82) is 5.26 Å². The summed E-state index contributed by atoms with van der Waals surface area (Å²) in [7, 11) is 1.89. The van der Waals surface area contributed by atoms with Gasteiger partial charge in [-0.3, -0.25) is 5.32 Å². The molecule has 0 radical (unpaired) electrons. The van der Waals surface area contributed by atoms with Gasteiger partial charge >= 0.3 is 0 Å². The van der Waals surface area contributed by atoms with Crippen LogP contribution in [0.1, 0.15) is 44.6 Å². The monoisotopic (exact) mass is 302 g/mol. The highest BCUT2D eigenvalue weighted by atomic mass is 32.2. The van der Waals surface area contributed by atoms with Crippen LogP contribution < -0.4 is 5.32 Å². The van der Waals surface area contributed by atoms with Crippen LogP contribution in [0.4, 0.5) is 0 Å². The zero-order valence-corrected chi connectivity index (χ0v) is 14.0. The average molecular weight is 302 g/mol. The van der Waals surface area contributed by atoms with Crippen molar-refractivity contribution in [2.24, 2.45) is 5.92 Å². The van der Waals surface area contributed by atoms with E-state index in [0.29, 0.717) is 0 Å². The van der Waals surface area contributed by atoms with E-state index in [1.165, 1.54) is 25.7 Å². The number of benzene rings is 1. The van der Waals surface area contributed by atoms with Gasteiger partial charge in [0.1, 0.15) is 5.54 Å². The molecule has 0 saturated heterocycles. The van der Waals surface area contributed by atoms with E-state index in [2.05, 4.69) is 30.1 Å². The summed E-state index contributed by atoms with van der Waals surface area (Å²) in [5.74, 6) is 1.91. The van der Waals surface area contributed by atoms with Crippen LogP contribution >= 0.6 is 11.8 Å². The largest absolute Gasteiger partial charge is 0.299 e. The molecule has 1 N–H and O–H groups in total. The standard InChI is InChI=1S/C18H26N2S/c1-15-7-6-10-17(13-15)21-12-11-18(14-19,20-2)16-8-4-3-5-9-16/h3-5,8-9,15,17,20H,6-7,10-13H2,1-2H3. The van der Waals surface area contributed by atoms with E-state index in [1.54, 1.807) is 0 Å². The van der Waals surface area contributed by atoms with Gasteiger partial charge in [-0.2, -0.15) is 17.0 Å². The molecular weight excluding hydrogens is 276 g/mol. The Morgan fingerprint density at radius 1 is 1.33 bits per heavy atom. The van der Waals surface area contributed by atoms with E-state index in [4.69, 9.17) is 0 Å². The van der Waals surface area contributed by atoms with Gasteiger partial charge < -0.3 is 0 Å². The van der Waals surface area contributed by atoms with Crippen LogP contribution in [0.25, 0.3) is 0 Å². The van der Waals surface area contributed by atoms with Crippen molar-refractivity contribution >= 4 is 11.8 Å². The molecule has 3 unspecified atom stereocenters. The Kier molecular flexibility index (Phi) is 6.14. The number of nitrogens with one attached hydrogen (secondary N) is 1. The molecule has 0 bridgehead atoms. The molecule has 1 aromatic rings. The molecule has 0 amide bonds. The Bertz CT molecular complexity index is 468. The smallest absolute Gasteiger partial charge is 0.132 e. The molecule has 21 heavy (non-hydrogen) atoms. The minimum absolute atomic E-state index is 0.547. The second-order valence-corrected chi connectivity index (χ2v) is 7.56. The molecule has 0 spiro atoms. The molecule has 0 aliphatic heterocycles. The highest BCUT2D eigenvalue weighted by Gasteiger charge is 2.30. The third kappa shape index (κ3) is 4.25. The minimum Gasteiger partial charge on any atom is -0.299 e. The molecule has 2 nitrogen and oxygen atoms in total. The predicted molar refractivity (Wildman–Crippen MR) is 91.3 cm³/mol. The van der Waals surface area contributed by atoms with Crippen molar-refractivity contribution < 1.29 is 0 Å². The number of hydrogen-bond donors (Lipinski definition) is 1. The number of thioether (sulfide) groups is 1. The SMILES string of the molecule is CNC(C#N)(CCSC1CCCC(C)C1)c1ccccc1. The van der Waals surface area contributed by atoms with Crippen LogP contribution in [0.5, 0.6) is 0 Å². The summed E-state index contributed by atoms with van der Waals surface area (Å²) in [4.78, 5) is 0. The summed E-state index contributed by atoms with van der Waals surface area (Å²) in [5.41, 5.74) is 0.529. The van der Waals surface area contributed by atoms with Gasteiger partial charge in [0.15, 0.2) is 0 Å². The Balaban J connectivity index is 1.93. The zero-order valence-electron chi connectivity index (χ0n) is 13.1. The van der Waals surface area contributed by atoms with E-state index < -0.39 is 5.54 Å². The van der Waals surface area contributed by atoms with E-state index in [0.717, 1.165) is 28.9 Å². The second-order valence-electron chi connectivity index (χ2n) is 6.15. The Morgan fingerprint density at radius 2 is 2.10 bits per heavy atom. The molecule has 3 atom stereocenters. The van der Waals surface area contributed by atoms with Crippen LogP contribution in [0.15, 0.2) is 30.3 Å². The van der Waals surface area contributed by atoms with Crippen molar-refractivity contribution in [3.63, 3.8) is 0 Å². The fraction of sp³-hybridized carbons (Fsp3) is 0.611. The summed E-state index contributed by atoms with van der Waals surface area (Å²) < 4.78 is 0. The van der Waals surface area contributed by atoms with Gasteiger partial charge in [-0.1, -0.05) is 50.1 Å². The van der Waals surface area contributed by atoms with Crippen molar-refractivity contribution in [1.82, 2.24) is 5.32 Å². The number of hydrogen-bond acceptors (Lipinski definition) is 3. The van der Waals surface area contributed by atoms with E-state index >= 15 is 0 Å². The first kappa shape index (κ1) is 16.4. The lowest BCUT2D eigenvalue weighted by Crippen LogP contribution is -2.39. The summed E-state index contributed by atoms with van der Waals surface area (Å²) in [6.45, 7) is 2.36. The topological polar surface area (TPSA) is 35.8 Å². The molecule has 2 rings (SSSR count). The summed E-state index contributed by atoms with van der Waals surface area (Å²) >= 11 is 2.06. The Morgan fingerprint density at radius 3 is 2.71 bits per heavy atom. The van der Waals surface area contributed by atoms with Crippen LogP contribution in [0.3, 0.4) is 0 Å². The maximum absolute atomic E-state index is 9.69. The summed E-state index contributed by atoms with van der Waals surface area (Å²) in [6, 6.07) is 12.6. The van der Waals surface area contributed by atoms with Crippen LogP contribution in [0.2, 0.25) is 0 Å². The van der Waals surface area contributed by atoms with Crippen molar-refractivity contribution in [2.45, 2.75) is 49.8 Å². The molecule has 114 valence electrons. The fourth-order valence-electron chi connectivity index (χ4n) is 3.22. The maximum atomic E-state index is 9.69. The lowest BCUT2D eigenvalue weighted by atomic mass is 9.89. The maximum Gasteiger partial charge on any atom is 0.132 e. The third-order valence-electron chi connectivity index (χ3n) is 4.60. The van der Waals surface area contributed by atoms with Crippen LogP contribution in [0, 0.1) is 17.2 Å². The molecule has 1 aliphatic rings. The molecular formula is C18H26N2S. The third-order valence-corrected chi connectivity index (χ3v) is 5.94. The van der Waals surface area contributed by atoms with Gasteiger partial charge in [0.05, 0.1) is 6.07 Å². The first-order chi connectivity index (χ1) is 10.2. The fourth-order valence-corrected chi connectivity index (χ4v) is 4.78. The Hall–Kier alpha value is -0.980. The average Bonchev–Trinajstić information content (AvgIpc) is 2.53. The van der Waals surface area contributed by atoms with Gasteiger partial charge in [0, 0.05) is 5.25 Å². The predicted octanol–water partition coefficient (Wildman–Crippen LogP) is 4.33. The molecule has 0 heterocycles. The van der Waals surface area contributed by atoms with Gasteiger partial charge in [-0.25, -0.2) is 0 Å². The van der Waals surface area contributed by atoms with Crippen molar-refractivity contribution in [2.75, 3.05) is 12.8 Å². The summed E-state index contributed by atoms with van der Waals surface area (Å²) in [5, 5.41) is 13.7. The van der Waals surface area contributed by atoms with Gasteiger partial charge in [-0.05, 0) is 43.5 Å². The first-order valence-corrected chi connectivity index (χ1v) is 9.02. The molecule has 1 saturated carbocycles. The first-order valence-electron chi connectivity index (χ1n) is 7.97. The quantitative estimate of drug-likeness (QED) is 0.849. The lowest BCUT2D eigenvalue weighted by molar-refractivity contribution is 0.393. The number of rotatable bonds is 6. The Labute approximate surface area is 133 Å². The lowest BCUT2D eigenvalue weighted by Gasteiger charge is -2.29. The van der Waals surface area contributed by atoms with Crippen molar-refractivity contribution in [3.8, 4) is 6.07 Å². The molecule has 3 heteroatoms. The molecule has 1 fully saturated rings. The number of nitriles is 1. The van der Waals surface area contributed by atoms with Crippen molar-refractivity contribution in [3.05, 3.63) is 35.9 Å². The second kappa shape index (κ2) is 7.87. The van der Waals surface area contributed by atoms with Crippen LogP contribution in [-0.2, 0) is 5.54 Å². The number of nitrogens with zero attached hydrogens (tertiary/aromatic N) is 1. The summed E-state index contributed by atoms with van der Waals surface area (Å²) in [6.07, 6.45) is 6.31. The van der Waals surface area contributed by atoms with Crippen LogP contribution in [-0.4, -0.2) is 18.1 Å². The normalized spacial score (nSPS) is 25.0. The van der Waals surface area contributed by atoms with E-state index in [9.17, 15) is 5.26 Å². The zero-order chi connectivity index (χ0) is 15.1. The van der Waals surface area contributed by atoms with Gasteiger partial charge in [0.2, 0.25) is 0 Å². The molecule has 1 aliphatic carbocycles. The van der Waals surface area contributed by atoms with Gasteiger partial charge in [-0.15, -0.1) is 0 Å². The van der Waals surface area contributed by atoms with E-state index in [-0.39, 0.29) is 0 Å².